The Morgan fingerprint density at radius 2 is 1.80 bits per heavy atom. The smallest absolute Gasteiger partial charge is 0.341 e. The van der Waals surface area contributed by atoms with Crippen molar-refractivity contribution in [3.63, 3.8) is 0 Å². The monoisotopic (exact) mass is 487 g/mol. The molecule has 0 unspecified atom stereocenters. The van der Waals surface area contributed by atoms with Crippen molar-refractivity contribution in [2.24, 2.45) is 0 Å². The van der Waals surface area contributed by atoms with Gasteiger partial charge in [0.15, 0.2) is 6.61 Å². The second kappa shape index (κ2) is 10.7. The van der Waals surface area contributed by atoms with Crippen molar-refractivity contribution >= 4 is 11.9 Å². The number of carbonyl (C=O) groups excluding carboxylic acids is 1. The molecular formula is C27H34FNO6. The summed E-state index contributed by atoms with van der Waals surface area (Å²) in [5.74, 6) is -1.33. The first-order valence-electron chi connectivity index (χ1n) is 11.7. The Balaban J connectivity index is 2.04. The third-order valence-electron chi connectivity index (χ3n) is 6.20. The number of aliphatic hydroxyl groups is 1. The number of halogens is 1. The first-order chi connectivity index (χ1) is 16.4. The Labute approximate surface area is 205 Å². The number of carboxylic acids is 1. The van der Waals surface area contributed by atoms with Gasteiger partial charge in [-0.15, -0.1) is 0 Å². The average Bonchev–Trinajstić information content (AvgIpc) is 2.76. The molecule has 2 aromatic rings. The molecule has 8 heteroatoms. The molecule has 0 radical (unpaired) electrons. The van der Waals surface area contributed by atoms with Crippen LogP contribution in [0, 0.1) is 5.82 Å². The van der Waals surface area contributed by atoms with Crippen LogP contribution in [0.5, 0.6) is 5.75 Å². The van der Waals surface area contributed by atoms with Crippen LogP contribution in [0.2, 0.25) is 0 Å². The van der Waals surface area contributed by atoms with Gasteiger partial charge in [0.2, 0.25) is 5.91 Å². The molecule has 1 aliphatic rings. The minimum atomic E-state index is -1.09. The van der Waals surface area contributed by atoms with E-state index in [0.29, 0.717) is 24.2 Å². The average molecular weight is 488 g/mol. The molecule has 0 saturated carbocycles. The molecule has 3 atom stereocenters. The molecule has 3 N–H and O–H groups in total. The molecule has 1 amide bonds. The van der Waals surface area contributed by atoms with Crippen LogP contribution in [0.25, 0.3) is 0 Å². The highest BCUT2D eigenvalue weighted by molar-refractivity contribution is 5.76. The van der Waals surface area contributed by atoms with Gasteiger partial charge in [-0.3, -0.25) is 4.79 Å². The van der Waals surface area contributed by atoms with Crippen molar-refractivity contribution < 1.29 is 33.7 Å². The largest absolute Gasteiger partial charge is 0.482 e. The second-order valence-corrected chi connectivity index (χ2v) is 10.3. The Morgan fingerprint density at radius 1 is 1.14 bits per heavy atom. The van der Waals surface area contributed by atoms with E-state index in [-0.39, 0.29) is 30.2 Å². The number of aliphatic carboxylic acids is 1. The molecule has 2 aromatic carbocycles. The first-order valence-corrected chi connectivity index (χ1v) is 11.7. The van der Waals surface area contributed by atoms with Crippen LogP contribution in [-0.2, 0) is 19.7 Å². The standard InChI is InChI=1S/C27H34FNO6/c1-26(2,3)18-7-10-21(34-16-25(32)33)20(13-18)23-15-27(4,29-24(31)11-12-30)14-22(35-23)17-5-8-19(28)9-6-17/h5-10,13,22-23,30H,11-12,14-16H2,1-4H3,(H,29,31)(H,32,33)/t22-,23+,27+/m0/s1. The molecule has 1 aliphatic heterocycles. The number of hydrogen-bond donors (Lipinski definition) is 3. The number of carbonyl (C=O) groups is 2. The van der Waals surface area contributed by atoms with E-state index in [1.54, 1.807) is 18.2 Å². The van der Waals surface area contributed by atoms with E-state index in [4.69, 9.17) is 14.6 Å². The minimum absolute atomic E-state index is 0.0190. The molecule has 190 valence electrons. The number of ether oxygens (including phenoxy) is 2. The van der Waals surface area contributed by atoms with E-state index in [9.17, 15) is 19.1 Å². The summed E-state index contributed by atoms with van der Waals surface area (Å²) in [5, 5.41) is 21.4. The predicted octanol–water partition coefficient (Wildman–Crippen LogP) is 4.44. The van der Waals surface area contributed by atoms with Crippen LogP contribution in [0.4, 0.5) is 4.39 Å². The van der Waals surface area contributed by atoms with Gasteiger partial charge in [0.05, 0.1) is 18.8 Å². The summed E-state index contributed by atoms with van der Waals surface area (Å²) in [4.78, 5) is 23.6. The van der Waals surface area contributed by atoms with Crippen LogP contribution in [-0.4, -0.2) is 40.8 Å². The lowest BCUT2D eigenvalue weighted by Gasteiger charge is -2.44. The summed E-state index contributed by atoms with van der Waals surface area (Å²) < 4.78 is 25.7. The van der Waals surface area contributed by atoms with Gasteiger partial charge in [0, 0.05) is 30.4 Å². The Kier molecular flexibility index (Phi) is 8.18. The first kappa shape index (κ1) is 26.6. The lowest BCUT2D eigenvalue weighted by molar-refractivity contribution is -0.139. The minimum Gasteiger partial charge on any atom is -0.482 e. The zero-order valence-corrected chi connectivity index (χ0v) is 20.6. The Bertz CT molecular complexity index is 1050. The fraction of sp³-hybridized carbons (Fsp3) is 0.481. The summed E-state index contributed by atoms with van der Waals surface area (Å²) in [5.41, 5.74) is 1.60. The summed E-state index contributed by atoms with van der Waals surface area (Å²) in [6, 6.07) is 11.7. The van der Waals surface area contributed by atoms with E-state index >= 15 is 0 Å². The molecular weight excluding hydrogens is 453 g/mol. The number of carboxylic acid groups (broad SMARTS) is 1. The highest BCUT2D eigenvalue weighted by atomic mass is 19.1. The fourth-order valence-electron chi connectivity index (χ4n) is 4.39. The normalized spacial score (nSPS) is 22.5. The van der Waals surface area contributed by atoms with Crippen molar-refractivity contribution in [3.05, 3.63) is 65.0 Å². The van der Waals surface area contributed by atoms with E-state index < -0.39 is 30.3 Å². The van der Waals surface area contributed by atoms with Crippen molar-refractivity contribution in [3.8, 4) is 5.75 Å². The zero-order valence-electron chi connectivity index (χ0n) is 20.6. The SMILES string of the molecule is CC(C)(C)c1ccc(OCC(=O)O)c([C@H]2C[C@](C)(NC(=O)CCO)C[C@@H](c3ccc(F)cc3)O2)c1. The number of rotatable bonds is 8. The topological polar surface area (TPSA) is 105 Å². The lowest BCUT2D eigenvalue weighted by Crippen LogP contribution is -2.51. The summed E-state index contributed by atoms with van der Waals surface area (Å²) >= 11 is 0. The van der Waals surface area contributed by atoms with Gasteiger partial charge in [0.1, 0.15) is 11.6 Å². The third kappa shape index (κ3) is 7.02. The molecule has 3 rings (SSSR count). The molecule has 1 saturated heterocycles. The molecule has 1 heterocycles. The van der Waals surface area contributed by atoms with Gasteiger partial charge in [-0.2, -0.15) is 0 Å². The van der Waals surface area contributed by atoms with Gasteiger partial charge in [0.25, 0.3) is 0 Å². The Morgan fingerprint density at radius 3 is 2.40 bits per heavy atom. The fourth-order valence-corrected chi connectivity index (χ4v) is 4.39. The predicted molar refractivity (Wildman–Crippen MR) is 129 cm³/mol. The molecule has 0 spiro atoms. The van der Waals surface area contributed by atoms with Crippen LogP contribution in [0.15, 0.2) is 42.5 Å². The van der Waals surface area contributed by atoms with Crippen molar-refractivity contribution in [2.45, 2.75) is 70.1 Å². The number of amides is 1. The lowest BCUT2D eigenvalue weighted by atomic mass is 9.79. The zero-order chi connectivity index (χ0) is 25.8. The van der Waals surface area contributed by atoms with Gasteiger partial charge in [-0.25, -0.2) is 9.18 Å². The third-order valence-corrected chi connectivity index (χ3v) is 6.20. The van der Waals surface area contributed by atoms with Gasteiger partial charge in [-0.05, 0) is 47.7 Å². The summed E-state index contributed by atoms with van der Waals surface area (Å²) in [7, 11) is 0. The van der Waals surface area contributed by atoms with E-state index in [1.807, 2.05) is 19.1 Å². The molecule has 7 nitrogen and oxygen atoms in total. The number of hydrogen-bond acceptors (Lipinski definition) is 5. The molecule has 0 aliphatic carbocycles. The maximum atomic E-state index is 13.6. The number of benzene rings is 2. The molecule has 35 heavy (non-hydrogen) atoms. The highest BCUT2D eigenvalue weighted by Gasteiger charge is 2.41. The maximum absolute atomic E-state index is 13.6. The number of aliphatic hydroxyl groups excluding tert-OH is 1. The quantitative estimate of drug-likeness (QED) is 0.509. The van der Waals surface area contributed by atoms with Gasteiger partial charge >= 0.3 is 5.97 Å². The van der Waals surface area contributed by atoms with Crippen molar-refractivity contribution in [2.75, 3.05) is 13.2 Å². The maximum Gasteiger partial charge on any atom is 0.341 e. The summed E-state index contributed by atoms with van der Waals surface area (Å²) in [6.07, 6.45) is -0.173. The van der Waals surface area contributed by atoms with Crippen molar-refractivity contribution in [1.82, 2.24) is 5.32 Å². The van der Waals surface area contributed by atoms with E-state index in [2.05, 4.69) is 26.1 Å². The second-order valence-electron chi connectivity index (χ2n) is 10.3. The van der Waals surface area contributed by atoms with Crippen LogP contribution in [0.1, 0.15) is 75.9 Å². The van der Waals surface area contributed by atoms with Crippen LogP contribution >= 0.6 is 0 Å². The molecule has 0 aromatic heterocycles. The van der Waals surface area contributed by atoms with E-state index in [0.717, 1.165) is 11.1 Å². The van der Waals surface area contributed by atoms with Gasteiger partial charge < -0.3 is 25.0 Å². The van der Waals surface area contributed by atoms with E-state index in [1.165, 1.54) is 12.1 Å². The Hall–Kier alpha value is -2.97. The molecule has 0 bridgehead atoms. The summed E-state index contributed by atoms with van der Waals surface area (Å²) in [6.45, 7) is 7.38. The highest BCUT2D eigenvalue weighted by Crippen LogP contribution is 2.46. The molecule has 1 fully saturated rings. The number of nitrogens with one attached hydrogen (secondary N) is 1. The van der Waals surface area contributed by atoms with Gasteiger partial charge in [-0.1, -0.05) is 39.0 Å². The van der Waals surface area contributed by atoms with Crippen molar-refractivity contribution in [1.29, 1.82) is 0 Å². The van der Waals surface area contributed by atoms with Crippen LogP contribution in [0.3, 0.4) is 0 Å². The van der Waals surface area contributed by atoms with Crippen LogP contribution < -0.4 is 10.1 Å².